The van der Waals surface area contributed by atoms with Gasteiger partial charge in [0.1, 0.15) is 0 Å². The Kier molecular flexibility index (Phi) is 5.76. The van der Waals surface area contributed by atoms with Gasteiger partial charge in [-0.25, -0.2) is 5.01 Å². The Balaban J connectivity index is 1.48. The summed E-state index contributed by atoms with van der Waals surface area (Å²) in [5.74, 6) is 0.566. The summed E-state index contributed by atoms with van der Waals surface area (Å²) in [5.41, 5.74) is 2.53. The molecule has 0 spiro atoms. The number of hydrazone groups is 1. The maximum Gasteiger partial charge on any atom is 0.253 e. The average Bonchev–Trinajstić information content (AvgIpc) is 3.17. The smallest absolute Gasteiger partial charge is 0.253 e. The predicted molar refractivity (Wildman–Crippen MR) is 120 cm³/mol. The molecule has 2 aliphatic rings. The van der Waals surface area contributed by atoms with E-state index in [0.29, 0.717) is 41.3 Å². The lowest BCUT2D eigenvalue weighted by atomic mass is 9.79. The van der Waals surface area contributed by atoms with Gasteiger partial charge in [0.2, 0.25) is 5.90 Å². The fourth-order valence-electron chi connectivity index (χ4n) is 3.78. The molecule has 7 heteroatoms. The molecule has 1 amide bonds. The summed E-state index contributed by atoms with van der Waals surface area (Å²) < 4.78 is 5.74. The summed E-state index contributed by atoms with van der Waals surface area (Å²) >= 11 is 12.1. The zero-order valence-electron chi connectivity index (χ0n) is 16.9. The summed E-state index contributed by atoms with van der Waals surface area (Å²) in [4.78, 5) is 14.8. The molecule has 0 aliphatic carbocycles. The van der Waals surface area contributed by atoms with Crippen LogP contribution in [-0.2, 0) is 4.74 Å². The Labute approximate surface area is 186 Å². The third-order valence-electron chi connectivity index (χ3n) is 5.39. The SMILES string of the molecule is CC1(C)CN(C(=O)c2cccc(Cl)c2)CC/C1=C\N1COC(c2cccc(Cl)c2)=N1. The summed E-state index contributed by atoms with van der Waals surface area (Å²) in [5, 5.41) is 7.59. The van der Waals surface area contributed by atoms with E-state index in [2.05, 4.69) is 18.9 Å². The Morgan fingerprint density at radius 2 is 1.87 bits per heavy atom. The molecular formula is C23H23Cl2N3O2. The third kappa shape index (κ3) is 4.47. The van der Waals surface area contributed by atoms with Gasteiger partial charge in [0.05, 0.1) is 0 Å². The van der Waals surface area contributed by atoms with E-state index < -0.39 is 0 Å². The lowest BCUT2D eigenvalue weighted by molar-refractivity contribution is 0.0659. The number of halogens is 2. The first-order chi connectivity index (χ1) is 14.3. The van der Waals surface area contributed by atoms with Gasteiger partial charge in [-0.05, 0) is 48.4 Å². The summed E-state index contributed by atoms with van der Waals surface area (Å²) in [7, 11) is 0. The highest BCUT2D eigenvalue weighted by Gasteiger charge is 2.34. The number of carbonyl (C=O) groups is 1. The molecule has 4 rings (SSSR count). The molecule has 30 heavy (non-hydrogen) atoms. The van der Waals surface area contributed by atoms with E-state index in [9.17, 15) is 4.79 Å². The van der Waals surface area contributed by atoms with Gasteiger partial charge in [0, 0.05) is 45.9 Å². The van der Waals surface area contributed by atoms with Gasteiger partial charge in [-0.15, -0.1) is 5.10 Å². The predicted octanol–water partition coefficient (Wildman–Crippen LogP) is 5.40. The molecule has 0 aromatic heterocycles. The Morgan fingerprint density at radius 3 is 2.57 bits per heavy atom. The fourth-order valence-corrected chi connectivity index (χ4v) is 4.16. The molecule has 2 aromatic rings. The second kappa shape index (κ2) is 8.32. The first-order valence-corrected chi connectivity index (χ1v) is 10.6. The number of ether oxygens (including phenoxy) is 1. The lowest BCUT2D eigenvalue weighted by Gasteiger charge is -2.40. The van der Waals surface area contributed by atoms with Gasteiger partial charge >= 0.3 is 0 Å². The average molecular weight is 444 g/mol. The summed E-state index contributed by atoms with van der Waals surface area (Å²) in [6.45, 7) is 5.93. The van der Waals surface area contributed by atoms with E-state index in [1.807, 2.05) is 40.4 Å². The van der Waals surface area contributed by atoms with Crippen LogP contribution in [-0.4, -0.2) is 41.5 Å². The first-order valence-electron chi connectivity index (χ1n) is 9.82. The standard InChI is InChI=1S/C23H23Cl2N3O2/c1-23(2)14-27(22(29)17-6-4-8-20(25)12-17)10-9-18(23)13-28-15-30-21(26-28)16-5-3-7-19(24)11-16/h3-8,11-13H,9-10,14-15H2,1-2H3/b18-13+. The van der Waals surface area contributed by atoms with Crippen LogP contribution in [0.4, 0.5) is 0 Å². The van der Waals surface area contributed by atoms with Crippen LogP contribution in [0.1, 0.15) is 36.2 Å². The highest BCUT2D eigenvalue weighted by Crippen LogP contribution is 2.35. The zero-order chi connectivity index (χ0) is 21.3. The minimum atomic E-state index is -0.180. The zero-order valence-corrected chi connectivity index (χ0v) is 18.5. The monoisotopic (exact) mass is 443 g/mol. The van der Waals surface area contributed by atoms with Crippen molar-refractivity contribution in [2.75, 3.05) is 19.8 Å². The molecule has 0 atom stereocenters. The van der Waals surface area contributed by atoms with E-state index in [-0.39, 0.29) is 11.3 Å². The molecular weight excluding hydrogens is 421 g/mol. The molecule has 1 fully saturated rings. The van der Waals surface area contributed by atoms with Gasteiger partial charge < -0.3 is 9.64 Å². The molecule has 0 bridgehead atoms. The second-order valence-corrected chi connectivity index (χ2v) is 9.03. The van der Waals surface area contributed by atoms with Crippen LogP contribution < -0.4 is 0 Å². The van der Waals surface area contributed by atoms with Crippen molar-refractivity contribution in [3.05, 3.63) is 81.5 Å². The maximum absolute atomic E-state index is 12.9. The van der Waals surface area contributed by atoms with Crippen LogP contribution in [0.25, 0.3) is 0 Å². The van der Waals surface area contributed by atoms with Crippen molar-refractivity contribution in [1.29, 1.82) is 0 Å². The Morgan fingerprint density at radius 1 is 1.13 bits per heavy atom. The highest BCUT2D eigenvalue weighted by molar-refractivity contribution is 6.31. The number of rotatable bonds is 3. The minimum Gasteiger partial charge on any atom is -0.453 e. The number of benzene rings is 2. The number of carbonyl (C=O) groups excluding carboxylic acids is 1. The largest absolute Gasteiger partial charge is 0.453 e. The van der Waals surface area contributed by atoms with Gasteiger partial charge in [-0.3, -0.25) is 4.79 Å². The van der Waals surface area contributed by atoms with E-state index in [0.717, 1.165) is 12.0 Å². The Hall–Kier alpha value is -2.50. The van der Waals surface area contributed by atoms with Gasteiger partial charge in [-0.1, -0.05) is 49.2 Å². The number of hydrogen-bond acceptors (Lipinski definition) is 4. The van der Waals surface area contributed by atoms with Crippen LogP contribution in [0, 0.1) is 5.41 Å². The molecule has 2 aromatic carbocycles. The van der Waals surface area contributed by atoms with Crippen molar-refractivity contribution >= 4 is 35.0 Å². The van der Waals surface area contributed by atoms with E-state index in [1.54, 1.807) is 24.3 Å². The lowest BCUT2D eigenvalue weighted by Crippen LogP contribution is -2.45. The minimum absolute atomic E-state index is 0.00962. The summed E-state index contributed by atoms with van der Waals surface area (Å²) in [6, 6.07) is 14.6. The molecule has 0 radical (unpaired) electrons. The fraction of sp³-hybridized carbons (Fsp3) is 0.304. The van der Waals surface area contributed by atoms with Gasteiger partial charge in [0.15, 0.2) is 6.73 Å². The van der Waals surface area contributed by atoms with Crippen molar-refractivity contribution in [1.82, 2.24) is 9.91 Å². The van der Waals surface area contributed by atoms with Crippen LogP contribution in [0.15, 0.2) is 65.4 Å². The van der Waals surface area contributed by atoms with Crippen LogP contribution in [0.3, 0.4) is 0 Å². The van der Waals surface area contributed by atoms with Crippen LogP contribution >= 0.6 is 23.2 Å². The quantitative estimate of drug-likeness (QED) is 0.637. The van der Waals surface area contributed by atoms with Gasteiger partial charge in [0.25, 0.3) is 5.91 Å². The number of amides is 1. The van der Waals surface area contributed by atoms with E-state index >= 15 is 0 Å². The molecule has 156 valence electrons. The van der Waals surface area contributed by atoms with Crippen molar-refractivity contribution in [2.45, 2.75) is 20.3 Å². The second-order valence-electron chi connectivity index (χ2n) is 8.15. The first kappa shape index (κ1) is 20.8. The van der Waals surface area contributed by atoms with Gasteiger partial charge in [-0.2, -0.15) is 0 Å². The third-order valence-corrected chi connectivity index (χ3v) is 5.86. The molecule has 0 N–H and O–H groups in total. The topological polar surface area (TPSA) is 45.1 Å². The van der Waals surface area contributed by atoms with Crippen LogP contribution in [0.2, 0.25) is 10.0 Å². The van der Waals surface area contributed by atoms with Crippen molar-refractivity contribution in [3.8, 4) is 0 Å². The van der Waals surface area contributed by atoms with Crippen molar-refractivity contribution in [2.24, 2.45) is 10.5 Å². The van der Waals surface area contributed by atoms with Crippen molar-refractivity contribution in [3.63, 3.8) is 0 Å². The molecule has 0 saturated carbocycles. The number of piperidine rings is 1. The molecule has 2 aliphatic heterocycles. The molecule has 0 unspecified atom stereocenters. The highest BCUT2D eigenvalue weighted by atomic mass is 35.5. The Bertz CT molecular complexity index is 1030. The van der Waals surface area contributed by atoms with E-state index in [4.69, 9.17) is 27.9 Å². The van der Waals surface area contributed by atoms with E-state index in [1.165, 1.54) is 5.57 Å². The van der Waals surface area contributed by atoms with Crippen LogP contribution in [0.5, 0.6) is 0 Å². The number of nitrogens with zero attached hydrogens (tertiary/aromatic N) is 3. The van der Waals surface area contributed by atoms with Crippen molar-refractivity contribution < 1.29 is 9.53 Å². The summed E-state index contributed by atoms with van der Waals surface area (Å²) in [6.07, 6.45) is 2.82. The molecule has 1 saturated heterocycles. The normalized spacial score (nSPS) is 19.6. The maximum atomic E-state index is 12.9. The molecule has 2 heterocycles. The molecule has 5 nitrogen and oxygen atoms in total. The number of hydrogen-bond donors (Lipinski definition) is 0. The number of likely N-dealkylation sites (tertiary alicyclic amines) is 1.